The average Bonchev–Trinajstić information content (AvgIpc) is 2.40. The number of amides is 1. The molecule has 15 heavy (non-hydrogen) atoms. The molecule has 1 saturated heterocycles. The lowest BCUT2D eigenvalue weighted by atomic mass is 9.91. The third-order valence-corrected chi connectivity index (χ3v) is 3.73. The molecule has 0 aromatic rings. The Morgan fingerprint density at radius 2 is 2.20 bits per heavy atom. The molecule has 2 rings (SSSR count). The third kappa shape index (κ3) is 2.03. The second kappa shape index (κ2) is 4.52. The van der Waals surface area contributed by atoms with E-state index in [1.807, 2.05) is 0 Å². The molecule has 1 heterocycles. The predicted octanol–water partition coefficient (Wildman–Crippen LogP) is 1.88. The summed E-state index contributed by atoms with van der Waals surface area (Å²) in [4.78, 5) is 14.2. The highest BCUT2D eigenvalue weighted by Gasteiger charge is 2.41. The summed E-state index contributed by atoms with van der Waals surface area (Å²) in [6.07, 6.45) is 7.28. The van der Waals surface area contributed by atoms with Crippen molar-refractivity contribution in [2.45, 2.75) is 70.6 Å². The average molecular weight is 210 g/mol. The lowest BCUT2D eigenvalue weighted by molar-refractivity contribution is -0.133. The Balaban J connectivity index is 1.93. The minimum absolute atomic E-state index is 0.0977. The molecule has 0 radical (unpaired) electrons. The van der Waals surface area contributed by atoms with E-state index in [2.05, 4.69) is 24.1 Å². The number of carbonyl (C=O) groups excluding carboxylic acids is 1. The standard InChI is InChI=1S/C12H22N2O/c1-3-4-8-11-12(15)14(9(2)13-11)10-6-5-7-10/h9-11,13H,3-8H2,1-2H3. The van der Waals surface area contributed by atoms with Crippen LogP contribution in [0.25, 0.3) is 0 Å². The topological polar surface area (TPSA) is 32.3 Å². The zero-order valence-corrected chi connectivity index (χ0v) is 9.83. The van der Waals surface area contributed by atoms with Crippen LogP contribution in [0.5, 0.6) is 0 Å². The number of nitrogens with zero attached hydrogens (tertiary/aromatic N) is 1. The molecule has 3 heteroatoms. The molecular weight excluding hydrogens is 188 g/mol. The van der Waals surface area contributed by atoms with Gasteiger partial charge in [0.1, 0.15) is 0 Å². The number of hydrogen-bond donors (Lipinski definition) is 1. The fourth-order valence-electron chi connectivity index (χ4n) is 2.59. The van der Waals surface area contributed by atoms with Crippen molar-refractivity contribution in [3.63, 3.8) is 0 Å². The lowest BCUT2D eigenvalue weighted by Crippen LogP contribution is -2.46. The van der Waals surface area contributed by atoms with E-state index in [-0.39, 0.29) is 12.2 Å². The normalized spacial score (nSPS) is 32.1. The Hall–Kier alpha value is -0.570. The van der Waals surface area contributed by atoms with Crippen molar-refractivity contribution in [1.29, 1.82) is 0 Å². The molecule has 1 aliphatic carbocycles. The van der Waals surface area contributed by atoms with Gasteiger partial charge in [-0.2, -0.15) is 0 Å². The van der Waals surface area contributed by atoms with E-state index in [4.69, 9.17) is 0 Å². The molecule has 2 atom stereocenters. The molecule has 1 N–H and O–H groups in total. The van der Waals surface area contributed by atoms with Crippen molar-refractivity contribution >= 4 is 5.91 Å². The summed E-state index contributed by atoms with van der Waals surface area (Å²) in [5.41, 5.74) is 0. The largest absolute Gasteiger partial charge is 0.323 e. The maximum atomic E-state index is 12.1. The van der Waals surface area contributed by atoms with Gasteiger partial charge in [0.25, 0.3) is 0 Å². The molecule has 0 aromatic heterocycles. The van der Waals surface area contributed by atoms with Crippen LogP contribution in [0.4, 0.5) is 0 Å². The van der Waals surface area contributed by atoms with Crippen molar-refractivity contribution in [2.24, 2.45) is 0 Å². The summed E-state index contributed by atoms with van der Waals surface area (Å²) in [5, 5.41) is 3.41. The quantitative estimate of drug-likeness (QED) is 0.768. The van der Waals surface area contributed by atoms with Crippen LogP contribution < -0.4 is 5.32 Å². The minimum atomic E-state index is 0.0977. The fourth-order valence-corrected chi connectivity index (χ4v) is 2.59. The number of hydrogen-bond acceptors (Lipinski definition) is 2. The molecule has 2 aliphatic rings. The molecule has 2 fully saturated rings. The molecule has 0 bridgehead atoms. The first-order valence-corrected chi connectivity index (χ1v) is 6.32. The molecule has 3 nitrogen and oxygen atoms in total. The maximum Gasteiger partial charge on any atom is 0.241 e. The highest BCUT2D eigenvalue weighted by Crippen LogP contribution is 2.29. The Morgan fingerprint density at radius 1 is 1.47 bits per heavy atom. The van der Waals surface area contributed by atoms with Crippen molar-refractivity contribution in [1.82, 2.24) is 10.2 Å². The first kappa shape index (κ1) is 10.9. The van der Waals surface area contributed by atoms with E-state index in [1.54, 1.807) is 0 Å². The van der Waals surface area contributed by atoms with E-state index in [0.29, 0.717) is 11.9 Å². The van der Waals surface area contributed by atoms with Gasteiger partial charge in [-0.25, -0.2) is 0 Å². The van der Waals surface area contributed by atoms with Gasteiger partial charge in [0.15, 0.2) is 0 Å². The van der Waals surface area contributed by atoms with Crippen LogP contribution in [0, 0.1) is 0 Å². The van der Waals surface area contributed by atoms with E-state index in [9.17, 15) is 4.79 Å². The van der Waals surface area contributed by atoms with Gasteiger partial charge < -0.3 is 4.90 Å². The second-order valence-electron chi connectivity index (χ2n) is 4.87. The van der Waals surface area contributed by atoms with Crippen molar-refractivity contribution in [2.75, 3.05) is 0 Å². The van der Waals surface area contributed by atoms with Gasteiger partial charge in [0.05, 0.1) is 12.2 Å². The van der Waals surface area contributed by atoms with Crippen molar-refractivity contribution in [3.8, 4) is 0 Å². The molecular formula is C12H22N2O. The number of unbranched alkanes of at least 4 members (excludes halogenated alkanes) is 1. The molecule has 1 saturated carbocycles. The summed E-state index contributed by atoms with van der Waals surface area (Å²) < 4.78 is 0. The zero-order valence-electron chi connectivity index (χ0n) is 9.83. The van der Waals surface area contributed by atoms with Gasteiger partial charge in [-0.3, -0.25) is 10.1 Å². The maximum absolute atomic E-state index is 12.1. The second-order valence-corrected chi connectivity index (χ2v) is 4.87. The highest BCUT2D eigenvalue weighted by molar-refractivity contribution is 5.84. The first-order valence-electron chi connectivity index (χ1n) is 6.32. The monoisotopic (exact) mass is 210 g/mol. The highest BCUT2D eigenvalue weighted by atomic mass is 16.2. The number of nitrogens with one attached hydrogen (secondary N) is 1. The van der Waals surface area contributed by atoms with E-state index >= 15 is 0 Å². The van der Waals surface area contributed by atoms with Gasteiger partial charge in [0, 0.05) is 6.04 Å². The Labute approximate surface area is 92.2 Å². The molecule has 1 aliphatic heterocycles. The summed E-state index contributed by atoms with van der Waals surface area (Å²) >= 11 is 0. The molecule has 0 spiro atoms. The van der Waals surface area contributed by atoms with Crippen molar-refractivity contribution < 1.29 is 4.79 Å². The van der Waals surface area contributed by atoms with Gasteiger partial charge in [0.2, 0.25) is 5.91 Å². The molecule has 1 amide bonds. The Kier molecular flexibility index (Phi) is 3.29. The fraction of sp³-hybridized carbons (Fsp3) is 0.917. The van der Waals surface area contributed by atoms with Crippen molar-refractivity contribution in [3.05, 3.63) is 0 Å². The molecule has 0 aromatic carbocycles. The van der Waals surface area contributed by atoms with Crippen LogP contribution in [0.15, 0.2) is 0 Å². The number of rotatable bonds is 4. The van der Waals surface area contributed by atoms with Crippen LogP contribution in [-0.4, -0.2) is 29.1 Å². The van der Waals surface area contributed by atoms with Gasteiger partial charge >= 0.3 is 0 Å². The van der Waals surface area contributed by atoms with Crippen LogP contribution in [-0.2, 0) is 4.79 Å². The van der Waals surface area contributed by atoms with Crippen LogP contribution in [0.2, 0.25) is 0 Å². The van der Waals surface area contributed by atoms with Crippen LogP contribution in [0.3, 0.4) is 0 Å². The van der Waals surface area contributed by atoms with Gasteiger partial charge in [-0.15, -0.1) is 0 Å². The Morgan fingerprint density at radius 3 is 2.73 bits per heavy atom. The zero-order chi connectivity index (χ0) is 10.8. The number of carbonyl (C=O) groups is 1. The smallest absolute Gasteiger partial charge is 0.241 e. The molecule has 86 valence electrons. The van der Waals surface area contributed by atoms with Gasteiger partial charge in [-0.05, 0) is 32.6 Å². The van der Waals surface area contributed by atoms with Gasteiger partial charge in [-0.1, -0.05) is 19.8 Å². The van der Waals surface area contributed by atoms with E-state index in [1.165, 1.54) is 25.7 Å². The lowest BCUT2D eigenvalue weighted by Gasteiger charge is -2.37. The summed E-state index contributed by atoms with van der Waals surface area (Å²) in [6.45, 7) is 4.29. The first-order chi connectivity index (χ1) is 7.24. The minimum Gasteiger partial charge on any atom is -0.323 e. The van der Waals surface area contributed by atoms with Crippen LogP contribution in [0.1, 0.15) is 52.4 Å². The van der Waals surface area contributed by atoms with Crippen LogP contribution >= 0.6 is 0 Å². The Bertz CT molecular complexity index is 238. The third-order valence-electron chi connectivity index (χ3n) is 3.73. The molecule has 2 unspecified atom stereocenters. The summed E-state index contributed by atoms with van der Waals surface area (Å²) in [6, 6.07) is 0.632. The van der Waals surface area contributed by atoms with E-state index in [0.717, 1.165) is 12.8 Å². The summed E-state index contributed by atoms with van der Waals surface area (Å²) in [7, 11) is 0. The predicted molar refractivity (Wildman–Crippen MR) is 60.4 cm³/mol. The SMILES string of the molecule is CCCCC1NC(C)N(C2CCC2)C1=O. The summed E-state index contributed by atoms with van der Waals surface area (Å²) in [5.74, 6) is 0.348. The van der Waals surface area contributed by atoms with E-state index < -0.39 is 0 Å².